The van der Waals surface area contributed by atoms with Crippen LogP contribution in [-0.2, 0) is 6.54 Å². The van der Waals surface area contributed by atoms with Gasteiger partial charge in [-0.2, -0.15) is 5.10 Å². The Labute approximate surface area is 145 Å². The second-order valence-electron chi connectivity index (χ2n) is 6.25. The van der Waals surface area contributed by atoms with Gasteiger partial charge in [-0.25, -0.2) is 9.49 Å². The normalized spacial score (nSPS) is 18.8. The molecule has 1 saturated heterocycles. The maximum Gasteiger partial charge on any atom is 0.285 e. The Hall–Kier alpha value is -1.92. The minimum Gasteiger partial charge on any atom is -0.364 e. The predicted molar refractivity (Wildman–Crippen MR) is 93.1 cm³/mol. The van der Waals surface area contributed by atoms with Gasteiger partial charge in [-0.1, -0.05) is 17.7 Å². The van der Waals surface area contributed by atoms with Gasteiger partial charge in [-0.05, 0) is 37.1 Å². The summed E-state index contributed by atoms with van der Waals surface area (Å²) in [5.41, 5.74) is 2.40. The van der Waals surface area contributed by atoms with Crippen molar-refractivity contribution < 1.29 is 4.39 Å². The molecular formula is C17H20ClFN4O. The fourth-order valence-corrected chi connectivity index (χ4v) is 3.39. The van der Waals surface area contributed by atoms with Gasteiger partial charge in [-0.3, -0.25) is 9.69 Å². The Bertz CT molecular complexity index is 794. The van der Waals surface area contributed by atoms with Crippen molar-refractivity contribution in [1.82, 2.24) is 15.1 Å². The van der Waals surface area contributed by atoms with Crippen molar-refractivity contribution in [3.8, 4) is 0 Å². The summed E-state index contributed by atoms with van der Waals surface area (Å²) in [7, 11) is 0. The minimum absolute atomic E-state index is 0.180. The Morgan fingerprint density at radius 2 is 2.21 bits per heavy atom. The van der Waals surface area contributed by atoms with E-state index in [1.165, 1.54) is 6.07 Å². The van der Waals surface area contributed by atoms with Crippen LogP contribution in [0.1, 0.15) is 18.1 Å². The molecule has 0 spiro atoms. The van der Waals surface area contributed by atoms with Crippen LogP contribution in [0.4, 0.5) is 10.1 Å². The van der Waals surface area contributed by atoms with Gasteiger partial charge in [0.15, 0.2) is 0 Å². The molecule has 0 saturated carbocycles. The van der Waals surface area contributed by atoms with Crippen molar-refractivity contribution >= 4 is 17.3 Å². The van der Waals surface area contributed by atoms with Crippen LogP contribution >= 0.6 is 11.6 Å². The van der Waals surface area contributed by atoms with Crippen molar-refractivity contribution in [3.63, 3.8) is 0 Å². The van der Waals surface area contributed by atoms with Gasteiger partial charge in [0.2, 0.25) is 0 Å². The molecule has 1 fully saturated rings. The highest BCUT2D eigenvalue weighted by molar-refractivity contribution is 6.33. The highest BCUT2D eigenvalue weighted by atomic mass is 35.5. The van der Waals surface area contributed by atoms with Gasteiger partial charge in [0.25, 0.3) is 5.56 Å². The van der Waals surface area contributed by atoms with Crippen LogP contribution in [0.3, 0.4) is 0 Å². The smallest absolute Gasteiger partial charge is 0.285 e. The van der Waals surface area contributed by atoms with Crippen molar-refractivity contribution in [2.45, 2.75) is 26.4 Å². The monoisotopic (exact) mass is 350 g/mol. The van der Waals surface area contributed by atoms with Crippen molar-refractivity contribution in [2.75, 3.05) is 24.5 Å². The van der Waals surface area contributed by atoms with Gasteiger partial charge in [0.05, 0.1) is 11.9 Å². The molecule has 1 atom stereocenters. The maximum atomic E-state index is 13.2. The van der Waals surface area contributed by atoms with E-state index in [2.05, 4.69) is 26.9 Å². The predicted octanol–water partition coefficient (Wildman–Crippen LogP) is 2.58. The fourth-order valence-electron chi connectivity index (χ4n) is 3.19. The lowest BCUT2D eigenvalue weighted by Crippen LogP contribution is -2.52. The summed E-state index contributed by atoms with van der Waals surface area (Å²) < 4.78 is 13.2. The van der Waals surface area contributed by atoms with Gasteiger partial charge in [0.1, 0.15) is 10.8 Å². The van der Waals surface area contributed by atoms with Crippen LogP contribution in [0.5, 0.6) is 0 Å². The van der Waals surface area contributed by atoms with Crippen LogP contribution in [0, 0.1) is 12.7 Å². The Morgan fingerprint density at radius 1 is 1.42 bits per heavy atom. The summed E-state index contributed by atoms with van der Waals surface area (Å²) in [4.78, 5) is 16.1. The first-order valence-corrected chi connectivity index (χ1v) is 8.30. The van der Waals surface area contributed by atoms with Crippen LogP contribution in [0.2, 0.25) is 5.02 Å². The average Bonchev–Trinajstić information content (AvgIpc) is 2.53. The highest BCUT2D eigenvalue weighted by Crippen LogP contribution is 2.25. The average molecular weight is 351 g/mol. The number of aromatic nitrogens is 2. The quantitative estimate of drug-likeness (QED) is 0.924. The SMILES string of the molecule is Cc1cc(F)ccc1CN1CCN(c2cn[nH]c(=O)c2Cl)C(C)C1. The summed E-state index contributed by atoms with van der Waals surface area (Å²) in [5, 5.41) is 6.37. The number of rotatable bonds is 3. The number of aromatic amines is 1. The maximum absolute atomic E-state index is 13.2. The van der Waals surface area contributed by atoms with E-state index in [0.717, 1.165) is 37.3 Å². The molecule has 0 bridgehead atoms. The second-order valence-corrected chi connectivity index (χ2v) is 6.62. The van der Waals surface area contributed by atoms with Gasteiger partial charge in [-0.15, -0.1) is 0 Å². The van der Waals surface area contributed by atoms with Gasteiger partial charge in [0, 0.05) is 32.2 Å². The Balaban J connectivity index is 1.71. The zero-order chi connectivity index (χ0) is 17.3. The lowest BCUT2D eigenvalue weighted by Gasteiger charge is -2.41. The van der Waals surface area contributed by atoms with Crippen molar-refractivity contribution in [2.24, 2.45) is 0 Å². The molecule has 1 aliphatic heterocycles. The molecule has 24 heavy (non-hydrogen) atoms. The fraction of sp³-hybridized carbons (Fsp3) is 0.412. The number of nitrogens with zero attached hydrogens (tertiary/aromatic N) is 3. The Morgan fingerprint density at radius 3 is 2.92 bits per heavy atom. The molecule has 2 aromatic rings. The first-order valence-electron chi connectivity index (χ1n) is 7.93. The van der Waals surface area contributed by atoms with E-state index in [-0.39, 0.29) is 22.4 Å². The topological polar surface area (TPSA) is 52.2 Å². The summed E-state index contributed by atoms with van der Waals surface area (Å²) in [5.74, 6) is -0.203. The number of hydrogen-bond acceptors (Lipinski definition) is 4. The van der Waals surface area contributed by atoms with Crippen molar-refractivity contribution in [3.05, 3.63) is 56.7 Å². The van der Waals surface area contributed by atoms with E-state index in [9.17, 15) is 9.18 Å². The summed E-state index contributed by atoms with van der Waals surface area (Å²) in [6.45, 7) is 7.24. The number of piperazine rings is 1. The molecule has 1 aromatic heterocycles. The summed E-state index contributed by atoms with van der Waals surface area (Å²) in [6.07, 6.45) is 1.60. The number of aryl methyl sites for hydroxylation is 1. The standard InChI is InChI=1S/C17H20ClFN4O/c1-11-7-14(19)4-3-13(11)10-22-5-6-23(12(2)9-22)15-8-20-21-17(24)16(15)18/h3-4,7-8,12H,5-6,9-10H2,1-2H3,(H,21,24). The van der Waals surface area contributed by atoms with Gasteiger partial charge < -0.3 is 4.90 Å². The third kappa shape index (κ3) is 3.44. The molecule has 7 heteroatoms. The summed E-state index contributed by atoms with van der Waals surface area (Å²) >= 11 is 6.12. The largest absolute Gasteiger partial charge is 0.364 e. The van der Waals surface area contributed by atoms with Crippen LogP contribution in [0.15, 0.2) is 29.2 Å². The molecule has 1 aliphatic rings. The number of H-pyrrole nitrogens is 1. The molecule has 3 rings (SSSR count). The van der Waals surface area contributed by atoms with E-state index >= 15 is 0 Å². The molecule has 5 nitrogen and oxygen atoms in total. The molecule has 2 heterocycles. The zero-order valence-electron chi connectivity index (χ0n) is 13.7. The van der Waals surface area contributed by atoms with E-state index in [1.54, 1.807) is 12.3 Å². The number of halogens is 2. The third-order valence-corrected chi connectivity index (χ3v) is 4.86. The summed E-state index contributed by atoms with van der Waals surface area (Å²) in [6, 6.07) is 5.11. The number of nitrogens with one attached hydrogen (secondary N) is 1. The number of anilines is 1. The molecular weight excluding hydrogens is 331 g/mol. The zero-order valence-corrected chi connectivity index (χ0v) is 14.5. The molecule has 0 aliphatic carbocycles. The lowest BCUT2D eigenvalue weighted by atomic mass is 10.1. The molecule has 1 N–H and O–H groups in total. The van der Waals surface area contributed by atoms with Gasteiger partial charge >= 0.3 is 0 Å². The van der Waals surface area contributed by atoms with Crippen LogP contribution in [0.25, 0.3) is 0 Å². The molecule has 0 amide bonds. The van der Waals surface area contributed by atoms with E-state index in [4.69, 9.17) is 11.6 Å². The molecule has 1 unspecified atom stereocenters. The molecule has 0 radical (unpaired) electrons. The van der Waals surface area contributed by atoms with E-state index in [0.29, 0.717) is 5.69 Å². The number of hydrogen-bond donors (Lipinski definition) is 1. The Kier molecular flexibility index (Phi) is 4.87. The third-order valence-electron chi connectivity index (χ3n) is 4.50. The first-order chi connectivity index (χ1) is 11.5. The van der Waals surface area contributed by atoms with Crippen LogP contribution < -0.4 is 10.5 Å². The lowest BCUT2D eigenvalue weighted by molar-refractivity contribution is 0.220. The second kappa shape index (κ2) is 6.91. The number of benzene rings is 1. The highest BCUT2D eigenvalue weighted by Gasteiger charge is 2.26. The van der Waals surface area contributed by atoms with E-state index < -0.39 is 0 Å². The minimum atomic E-state index is -0.370. The van der Waals surface area contributed by atoms with E-state index in [1.807, 2.05) is 13.0 Å². The first kappa shape index (κ1) is 16.9. The molecule has 128 valence electrons. The van der Waals surface area contributed by atoms with Crippen LogP contribution in [-0.4, -0.2) is 40.8 Å². The molecule has 1 aromatic carbocycles. The van der Waals surface area contributed by atoms with Crippen molar-refractivity contribution in [1.29, 1.82) is 0 Å².